The van der Waals surface area contributed by atoms with Crippen molar-refractivity contribution < 1.29 is 0 Å². The van der Waals surface area contributed by atoms with Gasteiger partial charge in [-0.25, -0.2) is 4.98 Å². The van der Waals surface area contributed by atoms with E-state index in [1.165, 1.54) is 24.9 Å². The van der Waals surface area contributed by atoms with Crippen molar-refractivity contribution in [3.63, 3.8) is 0 Å². The van der Waals surface area contributed by atoms with Crippen LogP contribution in [0.1, 0.15) is 30.4 Å². The molecule has 156 valence electrons. The molecule has 0 unspecified atom stereocenters. The summed E-state index contributed by atoms with van der Waals surface area (Å²) in [6.45, 7) is 2.29. The molecule has 0 atom stereocenters. The molecule has 4 nitrogen and oxygen atoms in total. The molecule has 32 heavy (non-hydrogen) atoms. The Hall–Kier alpha value is -3.97. The minimum absolute atomic E-state index is 0.790. The summed E-state index contributed by atoms with van der Waals surface area (Å²) in [5.41, 5.74) is 6.40. The number of rotatable bonds is 3. The lowest BCUT2D eigenvalue weighted by molar-refractivity contribution is 0.578. The van der Waals surface area contributed by atoms with Crippen molar-refractivity contribution in [1.29, 1.82) is 0 Å². The molecule has 0 radical (unpaired) electrons. The van der Waals surface area contributed by atoms with Crippen molar-refractivity contribution in [2.45, 2.75) is 19.3 Å². The largest absolute Gasteiger partial charge is 0.372 e. The first kappa shape index (κ1) is 20.0. The maximum Gasteiger partial charge on any atom is 0.0906 e. The highest BCUT2D eigenvalue weighted by Gasteiger charge is 2.10. The minimum atomic E-state index is 0.790. The molecule has 1 aliphatic heterocycles. The molecule has 4 aromatic rings. The summed E-state index contributed by atoms with van der Waals surface area (Å²) in [7, 11) is 0. The number of hydrogen-bond acceptors (Lipinski definition) is 4. The Balaban J connectivity index is 1.46. The molecule has 0 bridgehead atoms. The molecule has 0 spiro atoms. The Morgan fingerprint density at radius 3 is 1.75 bits per heavy atom. The van der Waals surface area contributed by atoms with Crippen LogP contribution in [0.4, 0.5) is 5.69 Å². The average Bonchev–Trinajstić information content (AvgIpc) is 2.89. The zero-order chi connectivity index (χ0) is 21.6. The third-order valence-corrected chi connectivity index (χ3v) is 5.62. The zero-order valence-electron chi connectivity index (χ0n) is 17.9. The predicted molar refractivity (Wildman–Crippen MR) is 129 cm³/mol. The number of hydrogen-bond donors (Lipinski definition) is 0. The maximum atomic E-state index is 4.79. The molecule has 1 aromatic carbocycles. The van der Waals surface area contributed by atoms with E-state index in [0.717, 1.165) is 47.0 Å². The topological polar surface area (TPSA) is 41.9 Å². The second-order valence-electron chi connectivity index (χ2n) is 7.90. The Morgan fingerprint density at radius 2 is 1.19 bits per heavy atom. The smallest absolute Gasteiger partial charge is 0.0906 e. The first-order chi connectivity index (χ1) is 15.8. The fourth-order valence-electron chi connectivity index (χ4n) is 3.95. The molecule has 1 aliphatic rings. The van der Waals surface area contributed by atoms with Gasteiger partial charge in [0.05, 0.1) is 22.8 Å². The zero-order valence-corrected chi connectivity index (χ0v) is 17.9. The fraction of sp³-hybridized carbons (Fsp3) is 0.179. The SMILES string of the molecule is C(#Cc1cc(-c2ccccn2)nc(-c2ccccn2)c1)c1ccc(N2CCCCC2)cc1. The summed E-state index contributed by atoms with van der Waals surface area (Å²) in [6.07, 6.45) is 7.45. The Morgan fingerprint density at radius 1 is 0.594 bits per heavy atom. The van der Waals surface area contributed by atoms with E-state index in [1.54, 1.807) is 12.4 Å². The maximum absolute atomic E-state index is 4.79. The van der Waals surface area contributed by atoms with Crippen LogP contribution in [0.25, 0.3) is 22.8 Å². The normalized spacial score (nSPS) is 13.3. The lowest BCUT2D eigenvalue weighted by Crippen LogP contribution is -2.29. The van der Waals surface area contributed by atoms with Gasteiger partial charge in [0, 0.05) is 42.3 Å². The van der Waals surface area contributed by atoms with Crippen LogP contribution in [-0.4, -0.2) is 28.0 Å². The second kappa shape index (κ2) is 9.45. The van der Waals surface area contributed by atoms with Crippen LogP contribution < -0.4 is 4.90 Å². The molecule has 0 saturated carbocycles. The lowest BCUT2D eigenvalue weighted by Gasteiger charge is -2.28. The van der Waals surface area contributed by atoms with Gasteiger partial charge in [-0.3, -0.25) is 9.97 Å². The highest BCUT2D eigenvalue weighted by Crippen LogP contribution is 2.23. The number of piperidine rings is 1. The van der Waals surface area contributed by atoms with Gasteiger partial charge in [0.25, 0.3) is 0 Å². The lowest BCUT2D eigenvalue weighted by atomic mass is 10.1. The van der Waals surface area contributed by atoms with Gasteiger partial charge in [-0.15, -0.1) is 0 Å². The standard InChI is InChI=1S/C28H24N4/c1-6-18-32(19-7-1)24-14-12-22(13-15-24)10-11-23-20-27(25-8-2-4-16-29-25)31-28(21-23)26-9-3-5-17-30-26/h2-5,8-9,12-17,20-21H,1,6-7,18-19H2. The molecular formula is C28H24N4. The van der Waals surface area contributed by atoms with E-state index in [4.69, 9.17) is 4.98 Å². The summed E-state index contributed by atoms with van der Waals surface area (Å²) in [5, 5.41) is 0. The summed E-state index contributed by atoms with van der Waals surface area (Å²) in [5.74, 6) is 6.63. The van der Waals surface area contributed by atoms with E-state index >= 15 is 0 Å². The van der Waals surface area contributed by atoms with Crippen molar-refractivity contribution in [3.05, 3.63) is 96.3 Å². The molecule has 0 aliphatic carbocycles. The van der Waals surface area contributed by atoms with E-state index in [-0.39, 0.29) is 0 Å². The van der Waals surface area contributed by atoms with Crippen LogP contribution >= 0.6 is 0 Å². The van der Waals surface area contributed by atoms with Crippen LogP contribution in [0, 0.1) is 11.8 Å². The van der Waals surface area contributed by atoms with Crippen LogP contribution in [0.5, 0.6) is 0 Å². The second-order valence-corrected chi connectivity index (χ2v) is 7.90. The van der Waals surface area contributed by atoms with Gasteiger partial charge in [0.2, 0.25) is 0 Å². The molecule has 0 N–H and O–H groups in total. The van der Waals surface area contributed by atoms with E-state index < -0.39 is 0 Å². The Bertz CT molecular complexity index is 1180. The van der Waals surface area contributed by atoms with Gasteiger partial charge in [-0.05, 0) is 79.9 Å². The summed E-state index contributed by atoms with van der Waals surface area (Å²) >= 11 is 0. The molecule has 4 heteroatoms. The van der Waals surface area contributed by atoms with E-state index in [9.17, 15) is 0 Å². The monoisotopic (exact) mass is 416 g/mol. The first-order valence-corrected chi connectivity index (χ1v) is 11.1. The van der Waals surface area contributed by atoms with Gasteiger partial charge < -0.3 is 4.90 Å². The third-order valence-electron chi connectivity index (χ3n) is 5.62. The minimum Gasteiger partial charge on any atom is -0.372 e. The molecule has 1 saturated heterocycles. The predicted octanol–water partition coefficient (Wildman–Crippen LogP) is 5.60. The van der Waals surface area contributed by atoms with Gasteiger partial charge in [-0.2, -0.15) is 0 Å². The van der Waals surface area contributed by atoms with Gasteiger partial charge in [-0.1, -0.05) is 24.0 Å². The number of benzene rings is 1. The molecule has 4 heterocycles. The number of pyridine rings is 3. The highest BCUT2D eigenvalue weighted by atomic mass is 15.1. The Labute approximate surface area is 189 Å². The molecular weight excluding hydrogens is 392 g/mol. The van der Waals surface area contributed by atoms with Crippen molar-refractivity contribution in [2.75, 3.05) is 18.0 Å². The summed E-state index contributed by atoms with van der Waals surface area (Å²) < 4.78 is 0. The van der Waals surface area contributed by atoms with Crippen LogP contribution in [0.2, 0.25) is 0 Å². The van der Waals surface area contributed by atoms with Crippen LogP contribution in [0.3, 0.4) is 0 Å². The van der Waals surface area contributed by atoms with Crippen LogP contribution in [0.15, 0.2) is 85.2 Å². The van der Waals surface area contributed by atoms with Gasteiger partial charge in [0.15, 0.2) is 0 Å². The molecule has 3 aromatic heterocycles. The summed E-state index contributed by atoms with van der Waals surface area (Å²) in [6, 6.07) is 24.2. The van der Waals surface area contributed by atoms with E-state index in [2.05, 4.69) is 51.0 Å². The number of aromatic nitrogens is 3. The highest BCUT2D eigenvalue weighted by molar-refractivity contribution is 5.65. The van der Waals surface area contributed by atoms with Crippen molar-refractivity contribution >= 4 is 5.69 Å². The fourth-order valence-corrected chi connectivity index (χ4v) is 3.95. The number of anilines is 1. The van der Waals surface area contributed by atoms with E-state index in [1.807, 2.05) is 48.5 Å². The molecule has 0 amide bonds. The van der Waals surface area contributed by atoms with Crippen molar-refractivity contribution in [1.82, 2.24) is 15.0 Å². The van der Waals surface area contributed by atoms with Gasteiger partial charge >= 0.3 is 0 Å². The average molecular weight is 417 g/mol. The van der Waals surface area contributed by atoms with Crippen molar-refractivity contribution in [2.24, 2.45) is 0 Å². The number of nitrogens with zero attached hydrogens (tertiary/aromatic N) is 4. The van der Waals surface area contributed by atoms with Crippen molar-refractivity contribution in [3.8, 4) is 34.6 Å². The quantitative estimate of drug-likeness (QED) is 0.408. The van der Waals surface area contributed by atoms with Gasteiger partial charge in [0.1, 0.15) is 0 Å². The van der Waals surface area contributed by atoms with E-state index in [0.29, 0.717) is 0 Å². The summed E-state index contributed by atoms with van der Waals surface area (Å²) in [4.78, 5) is 16.2. The first-order valence-electron chi connectivity index (χ1n) is 11.1. The third kappa shape index (κ3) is 4.68. The molecule has 5 rings (SSSR count). The Kier molecular flexibility index (Phi) is 5.89. The van der Waals surface area contributed by atoms with Crippen LogP contribution in [-0.2, 0) is 0 Å². The molecule has 1 fully saturated rings.